The first kappa shape index (κ1) is 16.6. The molecule has 1 N–H and O–H groups in total. The van der Waals surface area contributed by atoms with Crippen LogP contribution in [-0.4, -0.2) is 19.5 Å². The van der Waals surface area contributed by atoms with Crippen molar-refractivity contribution in [2.45, 2.75) is 18.8 Å². The first-order chi connectivity index (χ1) is 9.96. The lowest BCUT2D eigenvalue weighted by molar-refractivity contribution is -0.274. The van der Waals surface area contributed by atoms with Gasteiger partial charge in [0.05, 0.1) is 6.07 Å². The molecule has 112 valence electrons. The molecule has 0 aliphatic heterocycles. The fourth-order valence-corrected chi connectivity index (χ4v) is 1.54. The van der Waals surface area contributed by atoms with E-state index in [-0.39, 0.29) is 5.75 Å². The highest BCUT2D eigenvalue weighted by molar-refractivity contribution is 5.31. The van der Waals surface area contributed by atoms with Gasteiger partial charge in [-0.3, -0.25) is 5.32 Å². The maximum Gasteiger partial charge on any atom is 0.573 e. The number of halogens is 3. The summed E-state index contributed by atoms with van der Waals surface area (Å²) in [4.78, 5) is 2.60. The number of nitrogens with one attached hydrogen (secondary N) is 1. The van der Waals surface area contributed by atoms with Gasteiger partial charge in [0.1, 0.15) is 11.8 Å². The van der Waals surface area contributed by atoms with Gasteiger partial charge in [-0.2, -0.15) is 5.26 Å². The van der Waals surface area contributed by atoms with Crippen LogP contribution in [0.2, 0.25) is 0 Å². The lowest BCUT2D eigenvalue weighted by atomic mass is 10.1. The van der Waals surface area contributed by atoms with Crippen molar-refractivity contribution in [2.75, 3.05) is 13.1 Å². The second-order valence-electron chi connectivity index (χ2n) is 3.94. The molecule has 0 fully saturated rings. The molecule has 0 aliphatic carbocycles. The van der Waals surface area contributed by atoms with Crippen LogP contribution >= 0.6 is 0 Å². The third-order valence-corrected chi connectivity index (χ3v) is 2.42. The Labute approximate surface area is 118 Å². The molecular formula is C12H12F3N5O. The molecule has 0 spiro atoms. The maximum absolute atomic E-state index is 12.0. The summed E-state index contributed by atoms with van der Waals surface area (Å²) in [6, 6.07) is 6.41. The van der Waals surface area contributed by atoms with Gasteiger partial charge in [0.2, 0.25) is 0 Å². The first-order valence-corrected chi connectivity index (χ1v) is 5.96. The number of rotatable bonds is 7. The quantitative estimate of drug-likeness (QED) is 0.361. The number of nitrogens with zero attached hydrogens (tertiary/aromatic N) is 4. The van der Waals surface area contributed by atoms with Gasteiger partial charge in [-0.25, -0.2) is 0 Å². The van der Waals surface area contributed by atoms with Crippen LogP contribution in [0.3, 0.4) is 0 Å². The van der Waals surface area contributed by atoms with Gasteiger partial charge in [-0.05, 0) is 36.2 Å². The first-order valence-electron chi connectivity index (χ1n) is 5.96. The van der Waals surface area contributed by atoms with E-state index in [0.717, 1.165) is 12.1 Å². The Morgan fingerprint density at radius 1 is 1.38 bits per heavy atom. The molecule has 0 saturated heterocycles. The lowest BCUT2D eigenvalue weighted by Crippen LogP contribution is -2.21. The standard InChI is InChI=1S/C12H12F3N5O/c13-12(14,15)21-10-4-2-9(3-5-10)11(8-16)18-6-1-7-19-20-17/h2-5,11,18H,1,6-7H2. The van der Waals surface area contributed by atoms with Crippen molar-refractivity contribution in [3.8, 4) is 11.8 Å². The van der Waals surface area contributed by atoms with E-state index in [4.69, 9.17) is 10.8 Å². The summed E-state index contributed by atoms with van der Waals surface area (Å²) in [6.07, 6.45) is -4.19. The minimum Gasteiger partial charge on any atom is -0.406 e. The van der Waals surface area contributed by atoms with E-state index in [2.05, 4.69) is 20.1 Å². The molecule has 1 aromatic rings. The summed E-state index contributed by atoms with van der Waals surface area (Å²) in [5.74, 6) is -0.341. The Morgan fingerprint density at radius 2 is 2.05 bits per heavy atom. The lowest BCUT2D eigenvalue weighted by Gasteiger charge is -2.13. The van der Waals surface area contributed by atoms with Crippen LogP contribution in [-0.2, 0) is 0 Å². The van der Waals surface area contributed by atoms with Crippen molar-refractivity contribution in [3.63, 3.8) is 0 Å². The Hall–Kier alpha value is -2.43. The number of nitriles is 1. The summed E-state index contributed by atoms with van der Waals surface area (Å²) >= 11 is 0. The minimum absolute atomic E-state index is 0.306. The van der Waals surface area contributed by atoms with E-state index in [1.54, 1.807) is 0 Å². The zero-order valence-corrected chi connectivity index (χ0v) is 10.8. The zero-order chi connectivity index (χ0) is 15.7. The predicted octanol–water partition coefficient (Wildman–Crippen LogP) is 3.44. The maximum atomic E-state index is 12.0. The topological polar surface area (TPSA) is 93.8 Å². The van der Waals surface area contributed by atoms with Crippen molar-refractivity contribution in [1.29, 1.82) is 5.26 Å². The molecule has 21 heavy (non-hydrogen) atoms. The highest BCUT2D eigenvalue weighted by Gasteiger charge is 2.31. The minimum atomic E-state index is -4.74. The van der Waals surface area contributed by atoms with Crippen LogP contribution in [0.15, 0.2) is 29.4 Å². The van der Waals surface area contributed by atoms with E-state index in [1.807, 2.05) is 6.07 Å². The van der Waals surface area contributed by atoms with Crippen LogP contribution in [0.25, 0.3) is 10.4 Å². The summed E-state index contributed by atoms with van der Waals surface area (Å²) in [7, 11) is 0. The SMILES string of the molecule is N#CC(NCCCN=[N+]=[N-])c1ccc(OC(F)(F)F)cc1. The van der Waals surface area contributed by atoms with Gasteiger partial charge in [-0.15, -0.1) is 13.2 Å². The van der Waals surface area contributed by atoms with Crippen LogP contribution in [0.1, 0.15) is 18.0 Å². The monoisotopic (exact) mass is 299 g/mol. The van der Waals surface area contributed by atoms with Crippen molar-refractivity contribution in [2.24, 2.45) is 5.11 Å². The fraction of sp³-hybridized carbons (Fsp3) is 0.417. The molecule has 0 saturated carbocycles. The number of ether oxygens (including phenoxy) is 1. The number of alkyl halides is 3. The van der Waals surface area contributed by atoms with E-state index in [0.29, 0.717) is 25.1 Å². The molecular weight excluding hydrogens is 287 g/mol. The Morgan fingerprint density at radius 3 is 2.57 bits per heavy atom. The Bertz CT molecular complexity index is 531. The normalized spacial score (nSPS) is 12.1. The number of azide groups is 1. The Balaban J connectivity index is 2.57. The fourth-order valence-electron chi connectivity index (χ4n) is 1.54. The number of hydrogen-bond acceptors (Lipinski definition) is 4. The van der Waals surface area contributed by atoms with Crippen LogP contribution in [0.4, 0.5) is 13.2 Å². The van der Waals surface area contributed by atoms with Crippen molar-refractivity contribution in [1.82, 2.24) is 5.32 Å². The highest BCUT2D eigenvalue weighted by Crippen LogP contribution is 2.24. The van der Waals surface area contributed by atoms with Gasteiger partial charge < -0.3 is 4.74 Å². The van der Waals surface area contributed by atoms with Gasteiger partial charge >= 0.3 is 6.36 Å². The van der Waals surface area contributed by atoms with Crippen molar-refractivity contribution in [3.05, 3.63) is 40.3 Å². The molecule has 0 aromatic heterocycles. The van der Waals surface area contributed by atoms with Crippen molar-refractivity contribution >= 4 is 0 Å². The van der Waals surface area contributed by atoms with Crippen LogP contribution in [0.5, 0.6) is 5.75 Å². The molecule has 1 unspecified atom stereocenters. The molecule has 0 aliphatic rings. The van der Waals surface area contributed by atoms with Gasteiger partial charge in [-0.1, -0.05) is 17.2 Å². The number of hydrogen-bond donors (Lipinski definition) is 1. The van der Waals surface area contributed by atoms with E-state index < -0.39 is 12.4 Å². The highest BCUT2D eigenvalue weighted by atomic mass is 19.4. The summed E-state index contributed by atoms with van der Waals surface area (Å²) in [5, 5.41) is 15.3. The molecule has 1 atom stereocenters. The third-order valence-electron chi connectivity index (χ3n) is 2.42. The predicted molar refractivity (Wildman–Crippen MR) is 68.1 cm³/mol. The molecule has 9 heteroatoms. The number of benzene rings is 1. The molecule has 0 heterocycles. The average Bonchev–Trinajstić information content (AvgIpc) is 2.42. The second kappa shape index (κ2) is 7.99. The summed E-state index contributed by atoms with van der Waals surface area (Å²) in [5.41, 5.74) is 8.62. The average molecular weight is 299 g/mol. The Kier molecular flexibility index (Phi) is 6.33. The van der Waals surface area contributed by atoms with Gasteiger partial charge in [0.25, 0.3) is 0 Å². The van der Waals surface area contributed by atoms with Crippen molar-refractivity contribution < 1.29 is 17.9 Å². The molecule has 6 nitrogen and oxygen atoms in total. The molecule has 1 rings (SSSR count). The smallest absolute Gasteiger partial charge is 0.406 e. The second-order valence-corrected chi connectivity index (χ2v) is 3.94. The third kappa shape index (κ3) is 6.51. The summed E-state index contributed by atoms with van der Waals surface area (Å²) < 4.78 is 39.8. The molecule has 0 radical (unpaired) electrons. The summed E-state index contributed by atoms with van der Waals surface area (Å²) in [6.45, 7) is 0.748. The molecule has 0 amide bonds. The van der Waals surface area contributed by atoms with Gasteiger partial charge in [0, 0.05) is 11.5 Å². The van der Waals surface area contributed by atoms with E-state index in [1.165, 1.54) is 12.1 Å². The largest absolute Gasteiger partial charge is 0.573 e. The van der Waals surface area contributed by atoms with Gasteiger partial charge in [0.15, 0.2) is 0 Å². The molecule has 1 aromatic carbocycles. The van der Waals surface area contributed by atoms with Crippen LogP contribution < -0.4 is 10.1 Å². The van der Waals surface area contributed by atoms with E-state index >= 15 is 0 Å². The van der Waals surface area contributed by atoms with Crippen LogP contribution in [0, 0.1) is 11.3 Å². The zero-order valence-electron chi connectivity index (χ0n) is 10.8. The molecule has 0 bridgehead atoms. The van der Waals surface area contributed by atoms with E-state index in [9.17, 15) is 13.2 Å².